The summed E-state index contributed by atoms with van der Waals surface area (Å²) in [6.07, 6.45) is 0.758. The molecule has 2 aromatic rings. The average molecular weight is 402 g/mol. The first-order valence-electron chi connectivity index (χ1n) is 8.47. The van der Waals surface area contributed by atoms with Gasteiger partial charge in [-0.1, -0.05) is 18.7 Å². The van der Waals surface area contributed by atoms with Crippen molar-refractivity contribution in [1.82, 2.24) is 0 Å². The van der Waals surface area contributed by atoms with Crippen LogP contribution < -0.4 is 9.47 Å². The SMILES string of the molecule is C=CCOc1cc2c(c(F)c1F)C(F)(F)C(c1ccc(OCC)c(F)c1F)C2. The van der Waals surface area contributed by atoms with Crippen LogP contribution >= 0.6 is 0 Å². The van der Waals surface area contributed by atoms with Crippen molar-refractivity contribution in [1.29, 1.82) is 0 Å². The maximum Gasteiger partial charge on any atom is 0.283 e. The van der Waals surface area contributed by atoms with Crippen molar-refractivity contribution < 1.29 is 35.8 Å². The van der Waals surface area contributed by atoms with Crippen molar-refractivity contribution in [3.63, 3.8) is 0 Å². The molecule has 2 nitrogen and oxygen atoms in total. The second-order valence-corrected chi connectivity index (χ2v) is 6.23. The second-order valence-electron chi connectivity index (χ2n) is 6.23. The van der Waals surface area contributed by atoms with Crippen molar-refractivity contribution in [2.45, 2.75) is 25.2 Å². The minimum absolute atomic E-state index is 0.0543. The molecule has 0 fully saturated rings. The molecule has 0 N–H and O–H groups in total. The predicted molar refractivity (Wildman–Crippen MR) is 89.9 cm³/mol. The molecule has 1 aliphatic carbocycles. The fourth-order valence-electron chi connectivity index (χ4n) is 3.34. The van der Waals surface area contributed by atoms with Gasteiger partial charge in [0.05, 0.1) is 18.1 Å². The van der Waals surface area contributed by atoms with E-state index in [1.165, 1.54) is 6.08 Å². The summed E-state index contributed by atoms with van der Waals surface area (Å²) in [4.78, 5) is 0. The highest BCUT2D eigenvalue weighted by molar-refractivity contribution is 5.49. The van der Waals surface area contributed by atoms with Crippen LogP contribution in [0.1, 0.15) is 29.5 Å². The van der Waals surface area contributed by atoms with E-state index in [0.29, 0.717) is 0 Å². The van der Waals surface area contributed by atoms with Gasteiger partial charge >= 0.3 is 0 Å². The number of halogens is 6. The lowest BCUT2D eigenvalue weighted by molar-refractivity contribution is -0.0266. The van der Waals surface area contributed by atoms with Crippen molar-refractivity contribution >= 4 is 0 Å². The molecule has 0 aliphatic heterocycles. The molecule has 1 atom stereocenters. The van der Waals surface area contributed by atoms with Crippen LogP contribution in [0.15, 0.2) is 30.9 Å². The van der Waals surface area contributed by atoms with E-state index in [4.69, 9.17) is 9.47 Å². The first-order valence-corrected chi connectivity index (χ1v) is 8.47. The van der Waals surface area contributed by atoms with Gasteiger partial charge < -0.3 is 9.47 Å². The smallest absolute Gasteiger partial charge is 0.283 e. The number of fused-ring (bicyclic) bond motifs is 1. The highest BCUT2D eigenvalue weighted by Crippen LogP contribution is 2.54. The third-order valence-corrected chi connectivity index (χ3v) is 4.56. The molecule has 8 heteroatoms. The fourth-order valence-corrected chi connectivity index (χ4v) is 3.34. The molecular formula is C20H16F6O2. The van der Waals surface area contributed by atoms with Crippen molar-refractivity contribution in [2.24, 2.45) is 0 Å². The molecule has 150 valence electrons. The van der Waals surface area contributed by atoms with Crippen LogP contribution in [0.2, 0.25) is 0 Å². The van der Waals surface area contributed by atoms with Gasteiger partial charge in [-0.25, -0.2) is 17.6 Å². The maximum absolute atomic E-state index is 14.9. The maximum atomic E-state index is 14.9. The molecule has 0 saturated carbocycles. The highest BCUT2D eigenvalue weighted by atomic mass is 19.3. The first kappa shape index (κ1) is 20.1. The lowest BCUT2D eigenvalue weighted by Crippen LogP contribution is -2.22. The zero-order valence-electron chi connectivity index (χ0n) is 14.8. The van der Waals surface area contributed by atoms with E-state index < -0.39 is 64.2 Å². The minimum atomic E-state index is -3.95. The Kier molecular flexibility index (Phi) is 5.32. The molecule has 0 amide bonds. The van der Waals surface area contributed by atoms with Crippen molar-refractivity contribution in [3.05, 3.63) is 70.8 Å². The van der Waals surface area contributed by atoms with Gasteiger partial charge in [0.15, 0.2) is 23.1 Å². The average Bonchev–Trinajstić information content (AvgIpc) is 2.91. The fraction of sp³-hybridized carbons (Fsp3) is 0.300. The van der Waals surface area contributed by atoms with E-state index >= 15 is 0 Å². The molecule has 0 aromatic heterocycles. The Morgan fingerprint density at radius 1 is 1.04 bits per heavy atom. The summed E-state index contributed by atoms with van der Waals surface area (Å²) >= 11 is 0. The summed E-state index contributed by atoms with van der Waals surface area (Å²) in [5.74, 6) is -13.1. The molecule has 1 unspecified atom stereocenters. The van der Waals surface area contributed by atoms with Gasteiger partial charge in [-0.3, -0.25) is 0 Å². The molecule has 0 bridgehead atoms. The summed E-state index contributed by atoms with van der Waals surface area (Å²) < 4.78 is 96.7. The molecule has 0 spiro atoms. The molecule has 1 aliphatic rings. The standard InChI is InChI=1S/C20H16F6O2/c1-3-7-28-14-9-10-8-12(20(25,26)15(10)19(24)18(14)23)11-5-6-13(27-4-2)17(22)16(11)21/h3,5-6,9,12H,1,4,7-8H2,2H3. The van der Waals surface area contributed by atoms with Crippen LogP contribution in [-0.4, -0.2) is 13.2 Å². The predicted octanol–water partition coefficient (Wildman–Crippen LogP) is 5.64. The summed E-state index contributed by atoms with van der Waals surface area (Å²) in [5, 5.41) is 0. The number of hydrogen-bond acceptors (Lipinski definition) is 2. The Bertz CT molecular complexity index is 926. The Hall–Kier alpha value is -2.64. The third kappa shape index (κ3) is 3.10. The summed E-state index contributed by atoms with van der Waals surface area (Å²) in [5.41, 5.74) is -2.05. The van der Waals surface area contributed by atoms with Gasteiger partial charge in [0.2, 0.25) is 11.6 Å². The van der Waals surface area contributed by atoms with E-state index in [1.54, 1.807) is 6.92 Å². The normalized spacial score (nSPS) is 17.3. The number of hydrogen-bond donors (Lipinski definition) is 0. The monoisotopic (exact) mass is 402 g/mol. The van der Waals surface area contributed by atoms with Gasteiger partial charge in [0, 0.05) is 5.56 Å². The van der Waals surface area contributed by atoms with Crippen LogP contribution in [0.5, 0.6) is 11.5 Å². The number of ether oxygens (including phenoxy) is 2. The topological polar surface area (TPSA) is 18.5 Å². The number of rotatable bonds is 6. The van der Waals surface area contributed by atoms with E-state index in [9.17, 15) is 26.3 Å². The highest BCUT2D eigenvalue weighted by Gasteiger charge is 2.53. The van der Waals surface area contributed by atoms with Crippen LogP contribution in [0, 0.1) is 23.3 Å². The molecule has 0 heterocycles. The molecule has 3 rings (SSSR count). The molecular weight excluding hydrogens is 386 g/mol. The summed E-state index contributed by atoms with van der Waals surface area (Å²) in [6.45, 7) is 4.81. The van der Waals surface area contributed by atoms with Crippen LogP contribution in [0.4, 0.5) is 26.3 Å². The third-order valence-electron chi connectivity index (χ3n) is 4.56. The second kappa shape index (κ2) is 7.41. The van der Waals surface area contributed by atoms with E-state index in [1.807, 2.05) is 0 Å². The molecule has 2 aromatic carbocycles. The van der Waals surface area contributed by atoms with Gasteiger partial charge in [0.1, 0.15) is 6.61 Å². The van der Waals surface area contributed by atoms with Gasteiger partial charge in [-0.15, -0.1) is 0 Å². The first-order chi connectivity index (χ1) is 13.2. The molecule has 28 heavy (non-hydrogen) atoms. The Labute approximate surface area is 157 Å². The zero-order valence-corrected chi connectivity index (χ0v) is 14.8. The van der Waals surface area contributed by atoms with E-state index in [0.717, 1.165) is 18.2 Å². The van der Waals surface area contributed by atoms with Crippen LogP contribution in [0.3, 0.4) is 0 Å². The Balaban J connectivity index is 2.07. The number of benzene rings is 2. The minimum Gasteiger partial charge on any atom is -0.491 e. The largest absolute Gasteiger partial charge is 0.491 e. The quantitative estimate of drug-likeness (QED) is 0.460. The van der Waals surface area contributed by atoms with E-state index in [2.05, 4.69) is 6.58 Å². The molecule has 0 radical (unpaired) electrons. The Morgan fingerprint density at radius 3 is 2.36 bits per heavy atom. The lowest BCUT2D eigenvalue weighted by atomic mass is 9.92. The zero-order chi connectivity index (χ0) is 20.6. The Morgan fingerprint density at radius 2 is 1.71 bits per heavy atom. The van der Waals surface area contributed by atoms with Crippen LogP contribution in [-0.2, 0) is 12.3 Å². The van der Waals surface area contributed by atoms with Crippen molar-refractivity contribution in [2.75, 3.05) is 13.2 Å². The summed E-state index contributed by atoms with van der Waals surface area (Å²) in [7, 11) is 0. The van der Waals surface area contributed by atoms with E-state index in [-0.39, 0.29) is 18.8 Å². The van der Waals surface area contributed by atoms with Gasteiger partial charge in [-0.2, -0.15) is 8.78 Å². The van der Waals surface area contributed by atoms with Gasteiger partial charge in [-0.05, 0) is 31.0 Å². The van der Waals surface area contributed by atoms with Crippen LogP contribution in [0.25, 0.3) is 0 Å². The van der Waals surface area contributed by atoms with Gasteiger partial charge in [0.25, 0.3) is 5.92 Å². The summed E-state index contributed by atoms with van der Waals surface area (Å²) in [6, 6.07) is 2.96. The number of alkyl halides is 2. The van der Waals surface area contributed by atoms with Crippen molar-refractivity contribution in [3.8, 4) is 11.5 Å². The molecule has 0 saturated heterocycles. The lowest BCUT2D eigenvalue weighted by Gasteiger charge is -2.22.